The largest absolute Gasteiger partial charge is 0.330 e. The van der Waals surface area contributed by atoms with Crippen LogP contribution >= 0.6 is 34.4 Å². The van der Waals surface area contributed by atoms with E-state index in [9.17, 15) is 9.18 Å². The molecule has 0 radical (unpaired) electrons. The van der Waals surface area contributed by atoms with Crippen LogP contribution in [0.3, 0.4) is 0 Å². The number of nitrogens with zero attached hydrogens (tertiary/aromatic N) is 3. The summed E-state index contributed by atoms with van der Waals surface area (Å²) >= 11 is 4.32. The summed E-state index contributed by atoms with van der Waals surface area (Å²) in [5, 5.41) is 14.5. The number of thioether (sulfide) groups is 1. The fraction of sp³-hybridized carbons (Fsp3) is 0.0909. The molecule has 0 aliphatic carbocycles. The summed E-state index contributed by atoms with van der Waals surface area (Å²) in [5.74, 6) is 0.301. The van der Waals surface area contributed by atoms with Gasteiger partial charge in [0, 0.05) is 16.6 Å². The summed E-state index contributed by atoms with van der Waals surface area (Å²) < 4.78 is 13.8. The van der Waals surface area contributed by atoms with E-state index in [1.807, 2.05) is 42.6 Å². The molecule has 0 saturated carbocycles. The number of aromatic nitrogens is 4. The predicted molar refractivity (Wildman–Crippen MR) is 130 cm³/mol. The van der Waals surface area contributed by atoms with E-state index in [4.69, 9.17) is 4.98 Å². The number of hydrogen-bond acceptors (Lipinski definition) is 8. The molecule has 3 aromatic heterocycles. The molecule has 160 valence electrons. The first-order chi connectivity index (χ1) is 15.6. The third-order valence-corrected chi connectivity index (χ3v) is 7.62. The molecule has 5 rings (SSSR count). The lowest BCUT2D eigenvalue weighted by molar-refractivity contribution is 0.628. The van der Waals surface area contributed by atoms with Gasteiger partial charge in [0.1, 0.15) is 16.5 Å². The molecule has 0 bridgehead atoms. The minimum absolute atomic E-state index is 0.124. The van der Waals surface area contributed by atoms with Crippen molar-refractivity contribution in [3.8, 4) is 11.1 Å². The first-order valence-electron chi connectivity index (χ1n) is 9.66. The van der Waals surface area contributed by atoms with E-state index in [-0.39, 0.29) is 16.6 Å². The van der Waals surface area contributed by atoms with Crippen molar-refractivity contribution in [2.24, 2.45) is 0 Å². The van der Waals surface area contributed by atoms with Gasteiger partial charge in [-0.1, -0.05) is 53.4 Å². The van der Waals surface area contributed by atoms with Crippen molar-refractivity contribution in [3.63, 3.8) is 0 Å². The first-order valence-corrected chi connectivity index (χ1v) is 12.2. The molecule has 1 atom stereocenters. The number of hydrogen-bond donors (Lipinski definition) is 2. The van der Waals surface area contributed by atoms with Gasteiger partial charge in [-0.15, -0.1) is 21.5 Å². The van der Waals surface area contributed by atoms with E-state index in [1.165, 1.54) is 46.6 Å². The number of rotatable bonds is 6. The minimum Gasteiger partial charge on any atom is -0.330 e. The maximum atomic E-state index is 13.1. The van der Waals surface area contributed by atoms with Gasteiger partial charge in [-0.3, -0.25) is 4.79 Å². The second-order valence-corrected chi connectivity index (χ2v) is 10.3. The van der Waals surface area contributed by atoms with Crippen molar-refractivity contribution < 1.29 is 4.39 Å². The van der Waals surface area contributed by atoms with Crippen LogP contribution in [0.5, 0.6) is 0 Å². The molecule has 0 fully saturated rings. The van der Waals surface area contributed by atoms with Crippen LogP contribution in [0.1, 0.15) is 18.0 Å². The summed E-state index contributed by atoms with van der Waals surface area (Å²) in [5.41, 5.74) is 2.48. The van der Waals surface area contributed by atoms with Gasteiger partial charge in [-0.25, -0.2) is 9.37 Å². The zero-order valence-corrected chi connectivity index (χ0v) is 19.2. The molecule has 6 nitrogen and oxygen atoms in total. The highest BCUT2D eigenvalue weighted by molar-refractivity contribution is 8.01. The van der Waals surface area contributed by atoms with Gasteiger partial charge < -0.3 is 10.3 Å². The molecule has 10 heteroatoms. The topological polar surface area (TPSA) is 83.6 Å². The predicted octanol–water partition coefficient (Wildman–Crippen LogP) is 6.24. The Morgan fingerprint density at radius 3 is 2.66 bits per heavy atom. The van der Waals surface area contributed by atoms with Crippen LogP contribution in [-0.2, 0) is 0 Å². The maximum Gasteiger partial charge on any atom is 0.260 e. The number of aromatic amines is 1. The number of fused-ring (bicyclic) bond motifs is 1. The van der Waals surface area contributed by atoms with E-state index in [1.54, 1.807) is 12.1 Å². The summed E-state index contributed by atoms with van der Waals surface area (Å²) in [6, 6.07) is 15.9. The van der Waals surface area contributed by atoms with Gasteiger partial charge in [0.2, 0.25) is 5.13 Å². The lowest BCUT2D eigenvalue weighted by atomic mass is 10.1. The zero-order chi connectivity index (χ0) is 22.1. The number of anilines is 2. The molecule has 0 amide bonds. The Kier molecular flexibility index (Phi) is 5.73. The number of benzene rings is 2. The summed E-state index contributed by atoms with van der Waals surface area (Å²) in [4.78, 5) is 21.2. The fourth-order valence-electron chi connectivity index (χ4n) is 3.16. The first kappa shape index (κ1) is 20.8. The molecular weight excluding hydrogens is 465 g/mol. The van der Waals surface area contributed by atoms with Crippen molar-refractivity contribution in [2.45, 2.75) is 16.5 Å². The molecule has 2 N–H and O–H groups in total. The number of halogens is 1. The Morgan fingerprint density at radius 2 is 1.88 bits per heavy atom. The van der Waals surface area contributed by atoms with Gasteiger partial charge in [0.15, 0.2) is 4.34 Å². The van der Waals surface area contributed by atoms with Crippen LogP contribution in [0.4, 0.5) is 15.2 Å². The fourth-order valence-corrected chi connectivity index (χ4v) is 6.09. The van der Waals surface area contributed by atoms with Crippen molar-refractivity contribution >= 4 is 55.5 Å². The van der Waals surface area contributed by atoms with E-state index in [2.05, 4.69) is 20.5 Å². The Balaban J connectivity index is 1.35. The quantitative estimate of drug-likeness (QED) is 0.279. The van der Waals surface area contributed by atoms with Crippen LogP contribution in [0.25, 0.3) is 21.3 Å². The normalized spacial score (nSPS) is 12.2. The lowest BCUT2D eigenvalue weighted by Crippen LogP contribution is -2.12. The molecular formula is C22H16FN5OS3. The van der Waals surface area contributed by atoms with E-state index in [0.717, 1.165) is 21.2 Å². The molecule has 3 heterocycles. The maximum absolute atomic E-state index is 13.1. The number of H-pyrrole nitrogens is 1. The number of thiophene rings is 1. The highest BCUT2D eigenvalue weighted by Gasteiger charge is 2.18. The molecule has 0 aliphatic rings. The Hall–Kier alpha value is -3.08. The van der Waals surface area contributed by atoms with Crippen molar-refractivity contribution in [1.29, 1.82) is 0 Å². The van der Waals surface area contributed by atoms with Crippen LogP contribution in [0.15, 0.2) is 69.1 Å². The van der Waals surface area contributed by atoms with E-state index < -0.39 is 0 Å². The summed E-state index contributed by atoms with van der Waals surface area (Å²) in [6.07, 6.45) is 0. The third-order valence-electron chi connectivity index (χ3n) is 4.71. The van der Waals surface area contributed by atoms with Crippen molar-refractivity contribution in [1.82, 2.24) is 20.2 Å². The van der Waals surface area contributed by atoms with Gasteiger partial charge >= 0.3 is 0 Å². The highest BCUT2D eigenvalue weighted by atomic mass is 32.2. The molecule has 0 saturated heterocycles. The molecule has 5 aromatic rings. The van der Waals surface area contributed by atoms with Crippen LogP contribution in [-0.4, -0.2) is 20.2 Å². The third kappa shape index (κ3) is 4.29. The Labute approximate surface area is 194 Å². The SMILES string of the molecule is CC(Sc1nnc(Nc2ccc(F)cc2)s1)c1nc2scc(-c3ccccc3)c2c(=O)[nH]1. The van der Waals surface area contributed by atoms with Gasteiger partial charge in [-0.2, -0.15) is 0 Å². The van der Waals surface area contributed by atoms with Crippen molar-refractivity contribution in [2.75, 3.05) is 5.32 Å². The Bertz CT molecular complexity index is 1430. The highest BCUT2D eigenvalue weighted by Crippen LogP contribution is 2.38. The lowest BCUT2D eigenvalue weighted by Gasteiger charge is -2.08. The Morgan fingerprint density at radius 1 is 1.09 bits per heavy atom. The van der Waals surface area contributed by atoms with Gasteiger partial charge in [0.05, 0.1) is 10.6 Å². The molecule has 32 heavy (non-hydrogen) atoms. The van der Waals surface area contributed by atoms with Crippen LogP contribution < -0.4 is 10.9 Å². The summed E-state index contributed by atoms with van der Waals surface area (Å²) in [7, 11) is 0. The molecule has 0 spiro atoms. The molecule has 2 aromatic carbocycles. The smallest absolute Gasteiger partial charge is 0.260 e. The van der Waals surface area contributed by atoms with E-state index >= 15 is 0 Å². The average molecular weight is 482 g/mol. The van der Waals surface area contributed by atoms with Crippen LogP contribution in [0, 0.1) is 5.82 Å². The van der Waals surface area contributed by atoms with E-state index in [0.29, 0.717) is 21.2 Å². The molecule has 1 unspecified atom stereocenters. The second kappa shape index (κ2) is 8.81. The van der Waals surface area contributed by atoms with Gasteiger partial charge in [-0.05, 0) is 36.8 Å². The zero-order valence-electron chi connectivity index (χ0n) is 16.7. The number of nitrogens with one attached hydrogen (secondary N) is 2. The monoisotopic (exact) mass is 481 g/mol. The molecule has 0 aliphatic heterocycles. The summed E-state index contributed by atoms with van der Waals surface area (Å²) in [6.45, 7) is 1.97. The van der Waals surface area contributed by atoms with Crippen molar-refractivity contribution in [3.05, 3.63) is 82.0 Å². The van der Waals surface area contributed by atoms with Gasteiger partial charge in [0.25, 0.3) is 5.56 Å². The second-order valence-electron chi connectivity index (χ2n) is 6.91. The minimum atomic E-state index is -0.294. The standard InChI is InChI=1S/C22H16FN5OS3/c1-12(31-22-28-27-21(32-22)24-15-9-7-14(23)8-10-15)18-25-19(29)17-16(11-30-20(17)26-18)13-5-3-2-4-6-13/h2-12H,1H3,(H,24,27)(H,25,26,29). The van der Waals surface area contributed by atoms with Crippen LogP contribution in [0.2, 0.25) is 0 Å². The average Bonchev–Trinajstić information content (AvgIpc) is 3.43.